The first-order valence-electron chi connectivity index (χ1n) is 8.01. The lowest BCUT2D eigenvalue weighted by Crippen LogP contribution is -2.46. The van der Waals surface area contributed by atoms with Crippen molar-refractivity contribution in [1.82, 2.24) is 16.2 Å². The number of hydrogen-bond acceptors (Lipinski definition) is 3. The van der Waals surface area contributed by atoms with Crippen molar-refractivity contribution in [2.45, 2.75) is 26.3 Å². The lowest BCUT2D eigenvalue weighted by molar-refractivity contribution is -0.121. The van der Waals surface area contributed by atoms with E-state index in [1.165, 1.54) is 0 Å². The van der Waals surface area contributed by atoms with Gasteiger partial charge in [-0.15, -0.1) is 0 Å². The van der Waals surface area contributed by atoms with Crippen LogP contribution in [0.4, 0.5) is 0 Å². The van der Waals surface area contributed by atoms with E-state index < -0.39 is 0 Å². The molecule has 2 aromatic rings. The highest BCUT2D eigenvalue weighted by Gasteiger charge is 2.09. The number of nitrogens with one attached hydrogen (secondary N) is 3. The Balaban J connectivity index is 1.65. The number of aryl methyl sites for hydroxylation is 1. The molecule has 0 aliphatic rings. The van der Waals surface area contributed by atoms with Crippen molar-refractivity contribution in [1.29, 1.82) is 0 Å². The van der Waals surface area contributed by atoms with Crippen LogP contribution in [0.2, 0.25) is 0 Å². The normalized spacial score (nSPS) is 9.96. The average molecular weight is 355 g/mol. The number of amides is 1. The minimum absolute atomic E-state index is 0.0556. The first-order chi connectivity index (χ1) is 12.0. The number of Topliss-reactive ketones (excluding diaryl/α,β-unsaturated/α-hetero) is 1. The highest BCUT2D eigenvalue weighted by molar-refractivity contribution is 7.80. The second kappa shape index (κ2) is 9.54. The van der Waals surface area contributed by atoms with E-state index >= 15 is 0 Å². The van der Waals surface area contributed by atoms with Gasteiger partial charge >= 0.3 is 0 Å². The van der Waals surface area contributed by atoms with Crippen molar-refractivity contribution in [2.75, 3.05) is 0 Å². The van der Waals surface area contributed by atoms with Gasteiger partial charge < -0.3 is 5.32 Å². The molecule has 0 aromatic heterocycles. The maximum absolute atomic E-state index is 12.0. The molecule has 2 aromatic carbocycles. The maximum Gasteiger partial charge on any atom is 0.238 e. The fourth-order valence-corrected chi connectivity index (χ4v) is 2.25. The largest absolute Gasteiger partial charge is 0.357 e. The smallest absolute Gasteiger partial charge is 0.238 e. The van der Waals surface area contributed by atoms with Gasteiger partial charge in [0.25, 0.3) is 0 Å². The molecule has 0 aliphatic carbocycles. The van der Waals surface area contributed by atoms with E-state index in [2.05, 4.69) is 16.2 Å². The van der Waals surface area contributed by atoms with Crippen molar-refractivity contribution in [3.63, 3.8) is 0 Å². The number of ketones is 1. The van der Waals surface area contributed by atoms with Crippen LogP contribution in [0, 0.1) is 6.92 Å². The minimum Gasteiger partial charge on any atom is -0.357 e. The van der Waals surface area contributed by atoms with E-state index in [4.69, 9.17) is 12.2 Å². The maximum atomic E-state index is 12.0. The lowest BCUT2D eigenvalue weighted by Gasteiger charge is -2.11. The van der Waals surface area contributed by atoms with Gasteiger partial charge in [0, 0.05) is 24.9 Å². The Labute approximate surface area is 152 Å². The number of carbonyl (C=O) groups excluding carboxylic acids is 2. The third-order valence-corrected chi connectivity index (χ3v) is 3.81. The van der Waals surface area contributed by atoms with Crippen molar-refractivity contribution >= 4 is 29.0 Å². The SMILES string of the molecule is Cc1ccc(C(=O)CCC(=O)NNC(=S)NCc2ccccc2)cc1. The van der Waals surface area contributed by atoms with Crippen LogP contribution in [0.3, 0.4) is 0 Å². The Kier molecular flexibility index (Phi) is 7.10. The van der Waals surface area contributed by atoms with Gasteiger partial charge in [0.05, 0.1) is 0 Å². The van der Waals surface area contributed by atoms with Crippen molar-refractivity contribution in [3.8, 4) is 0 Å². The molecule has 0 unspecified atom stereocenters. The van der Waals surface area contributed by atoms with E-state index in [0.29, 0.717) is 17.2 Å². The molecule has 5 nitrogen and oxygen atoms in total. The fourth-order valence-electron chi connectivity index (χ4n) is 2.12. The zero-order chi connectivity index (χ0) is 18.1. The van der Waals surface area contributed by atoms with Crippen LogP contribution in [0.15, 0.2) is 54.6 Å². The molecule has 0 saturated heterocycles. The molecular weight excluding hydrogens is 334 g/mol. The molecule has 0 radical (unpaired) electrons. The van der Waals surface area contributed by atoms with Crippen LogP contribution >= 0.6 is 12.2 Å². The monoisotopic (exact) mass is 355 g/mol. The quantitative estimate of drug-likeness (QED) is 0.422. The second-order valence-electron chi connectivity index (χ2n) is 5.63. The molecule has 0 bridgehead atoms. The van der Waals surface area contributed by atoms with Crippen molar-refractivity contribution < 1.29 is 9.59 Å². The van der Waals surface area contributed by atoms with E-state index in [-0.39, 0.29) is 24.5 Å². The van der Waals surface area contributed by atoms with Crippen LogP contribution < -0.4 is 16.2 Å². The van der Waals surface area contributed by atoms with Crippen LogP contribution in [0.25, 0.3) is 0 Å². The third-order valence-electron chi connectivity index (χ3n) is 3.56. The minimum atomic E-state index is -0.288. The summed E-state index contributed by atoms with van der Waals surface area (Å²) >= 11 is 5.09. The van der Waals surface area contributed by atoms with Gasteiger partial charge in [0.15, 0.2) is 10.9 Å². The predicted molar refractivity (Wildman–Crippen MR) is 102 cm³/mol. The average Bonchev–Trinajstić information content (AvgIpc) is 2.64. The van der Waals surface area contributed by atoms with Crippen LogP contribution in [-0.4, -0.2) is 16.8 Å². The Morgan fingerprint density at radius 2 is 1.60 bits per heavy atom. The number of hydrogen-bond donors (Lipinski definition) is 3. The van der Waals surface area contributed by atoms with Gasteiger partial charge in [-0.3, -0.25) is 20.4 Å². The van der Waals surface area contributed by atoms with Gasteiger partial charge in [-0.2, -0.15) is 0 Å². The van der Waals surface area contributed by atoms with E-state index in [9.17, 15) is 9.59 Å². The van der Waals surface area contributed by atoms with E-state index in [0.717, 1.165) is 11.1 Å². The molecule has 0 heterocycles. The van der Waals surface area contributed by atoms with Gasteiger partial charge in [-0.1, -0.05) is 60.2 Å². The highest BCUT2D eigenvalue weighted by Crippen LogP contribution is 2.07. The number of thiocarbonyl (C=S) groups is 1. The summed E-state index contributed by atoms with van der Waals surface area (Å²) in [5.74, 6) is -0.343. The van der Waals surface area contributed by atoms with Gasteiger partial charge in [0.1, 0.15) is 0 Å². The highest BCUT2D eigenvalue weighted by atomic mass is 32.1. The molecule has 2 rings (SSSR count). The summed E-state index contributed by atoms with van der Waals surface area (Å²) in [6.45, 7) is 2.52. The molecule has 25 heavy (non-hydrogen) atoms. The van der Waals surface area contributed by atoms with Gasteiger partial charge in [-0.25, -0.2) is 0 Å². The predicted octanol–water partition coefficient (Wildman–Crippen LogP) is 2.65. The van der Waals surface area contributed by atoms with E-state index in [1.54, 1.807) is 12.1 Å². The first kappa shape index (κ1) is 18.6. The summed E-state index contributed by atoms with van der Waals surface area (Å²) in [5.41, 5.74) is 7.92. The Bertz CT molecular complexity index is 730. The molecule has 0 fully saturated rings. The number of benzene rings is 2. The Morgan fingerprint density at radius 3 is 2.28 bits per heavy atom. The number of rotatable bonds is 6. The molecule has 130 valence electrons. The van der Waals surface area contributed by atoms with Crippen molar-refractivity contribution in [3.05, 3.63) is 71.3 Å². The van der Waals surface area contributed by atoms with Crippen LogP contribution in [0.5, 0.6) is 0 Å². The third kappa shape index (κ3) is 6.73. The molecule has 0 saturated carbocycles. The summed E-state index contributed by atoms with van der Waals surface area (Å²) in [6, 6.07) is 17.1. The van der Waals surface area contributed by atoms with Gasteiger partial charge in [-0.05, 0) is 24.7 Å². The molecule has 6 heteroatoms. The molecule has 0 aliphatic heterocycles. The van der Waals surface area contributed by atoms with Crippen LogP contribution in [-0.2, 0) is 11.3 Å². The molecule has 1 amide bonds. The number of carbonyl (C=O) groups is 2. The molecule has 0 atom stereocenters. The zero-order valence-electron chi connectivity index (χ0n) is 14.0. The van der Waals surface area contributed by atoms with E-state index in [1.807, 2.05) is 49.4 Å². The first-order valence-corrected chi connectivity index (χ1v) is 8.42. The molecule has 3 N–H and O–H groups in total. The topological polar surface area (TPSA) is 70.2 Å². The molecule has 0 spiro atoms. The summed E-state index contributed by atoms with van der Waals surface area (Å²) < 4.78 is 0. The summed E-state index contributed by atoms with van der Waals surface area (Å²) in [6.07, 6.45) is 0.252. The number of hydrazine groups is 1. The second-order valence-corrected chi connectivity index (χ2v) is 6.04. The van der Waals surface area contributed by atoms with Gasteiger partial charge in [0.2, 0.25) is 5.91 Å². The van der Waals surface area contributed by atoms with Crippen LogP contribution in [0.1, 0.15) is 34.3 Å². The Hall–Kier alpha value is -2.73. The zero-order valence-corrected chi connectivity index (χ0v) is 14.9. The molecular formula is C19H21N3O2S. The summed E-state index contributed by atoms with van der Waals surface area (Å²) in [4.78, 5) is 23.8. The lowest BCUT2D eigenvalue weighted by atomic mass is 10.1. The fraction of sp³-hybridized carbons (Fsp3) is 0.211. The Morgan fingerprint density at radius 1 is 0.920 bits per heavy atom. The standard InChI is InChI=1S/C19H21N3O2S/c1-14-7-9-16(10-8-14)17(23)11-12-18(24)21-22-19(25)20-13-15-5-3-2-4-6-15/h2-10H,11-13H2,1H3,(H,21,24)(H2,20,22,25). The van der Waals surface area contributed by atoms with Crippen molar-refractivity contribution in [2.24, 2.45) is 0 Å². The summed E-state index contributed by atoms with van der Waals surface area (Å²) in [7, 11) is 0. The summed E-state index contributed by atoms with van der Waals surface area (Å²) in [5, 5.41) is 3.31.